The molecule has 0 aliphatic heterocycles. The quantitative estimate of drug-likeness (QED) is 0.704. The fourth-order valence-electron chi connectivity index (χ4n) is 2.28. The molecule has 0 amide bonds. The average Bonchev–Trinajstić information content (AvgIpc) is 2.99. The Morgan fingerprint density at radius 1 is 1.53 bits per heavy atom. The maximum Gasteiger partial charge on any atom is 0.178 e. The number of H-pyrrole nitrogens is 1. The van der Waals surface area contributed by atoms with Crippen molar-refractivity contribution in [2.24, 2.45) is 0 Å². The highest BCUT2D eigenvalue weighted by molar-refractivity contribution is 7.71. The molecule has 0 aliphatic carbocycles. The summed E-state index contributed by atoms with van der Waals surface area (Å²) >= 11 is 13.1. The summed E-state index contributed by atoms with van der Waals surface area (Å²) in [5.41, 5.74) is 2.03. The second kappa shape index (κ2) is 5.07. The van der Waals surface area contributed by atoms with E-state index in [4.69, 9.17) is 23.8 Å². The van der Waals surface area contributed by atoms with Gasteiger partial charge in [-0.25, -0.2) is 4.98 Å². The molecule has 0 fully saturated rings. The van der Waals surface area contributed by atoms with Crippen LogP contribution in [-0.2, 0) is 0 Å². The lowest BCUT2D eigenvalue weighted by molar-refractivity contribution is 0.572. The smallest absolute Gasteiger partial charge is 0.178 e. The zero-order chi connectivity index (χ0) is 13.4. The summed E-state index contributed by atoms with van der Waals surface area (Å²) in [4.78, 5) is 7.64. The van der Waals surface area contributed by atoms with Crippen LogP contribution in [0.15, 0.2) is 29.8 Å². The molecule has 3 nitrogen and oxygen atoms in total. The molecular weight excluding hydrogens is 298 g/mol. The van der Waals surface area contributed by atoms with Crippen LogP contribution in [0.5, 0.6) is 0 Å². The number of hydrogen-bond donors (Lipinski definition) is 1. The SMILES string of the molecule is CCC(c1nccs1)n1c(=S)[nH]c2cc(Cl)ccc21. The Morgan fingerprint density at radius 3 is 3.05 bits per heavy atom. The van der Waals surface area contributed by atoms with Crippen molar-refractivity contribution < 1.29 is 0 Å². The summed E-state index contributed by atoms with van der Waals surface area (Å²) in [6, 6.07) is 5.96. The van der Waals surface area contributed by atoms with Crippen LogP contribution in [0, 0.1) is 4.77 Å². The van der Waals surface area contributed by atoms with Crippen LogP contribution >= 0.6 is 35.2 Å². The topological polar surface area (TPSA) is 33.6 Å². The van der Waals surface area contributed by atoms with Crippen LogP contribution in [0.4, 0.5) is 0 Å². The molecule has 1 N–H and O–H groups in total. The van der Waals surface area contributed by atoms with Crippen LogP contribution in [0.1, 0.15) is 24.4 Å². The fourth-order valence-corrected chi connectivity index (χ4v) is 3.60. The summed E-state index contributed by atoms with van der Waals surface area (Å²) in [5, 5.41) is 3.78. The van der Waals surface area contributed by atoms with Gasteiger partial charge < -0.3 is 9.55 Å². The first kappa shape index (κ1) is 12.8. The third kappa shape index (κ3) is 2.22. The molecule has 19 heavy (non-hydrogen) atoms. The normalized spacial score (nSPS) is 12.9. The lowest BCUT2D eigenvalue weighted by Gasteiger charge is -2.15. The van der Waals surface area contributed by atoms with Gasteiger partial charge in [-0.15, -0.1) is 11.3 Å². The summed E-state index contributed by atoms with van der Waals surface area (Å²) in [6.45, 7) is 2.14. The van der Waals surface area contributed by atoms with Crippen molar-refractivity contribution in [1.29, 1.82) is 0 Å². The van der Waals surface area contributed by atoms with E-state index in [0.29, 0.717) is 9.79 Å². The molecule has 0 bridgehead atoms. The van der Waals surface area contributed by atoms with Crippen molar-refractivity contribution in [2.45, 2.75) is 19.4 Å². The summed E-state index contributed by atoms with van der Waals surface area (Å²) in [5.74, 6) is 0. The number of nitrogens with one attached hydrogen (secondary N) is 1. The molecule has 0 spiro atoms. The Kier molecular flexibility index (Phi) is 3.43. The highest BCUT2D eigenvalue weighted by Crippen LogP contribution is 2.29. The second-order valence-corrected chi connectivity index (χ2v) is 6.01. The lowest BCUT2D eigenvalue weighted by Crippen LogP contribution is -2.09. The molecule has 98 valence electrons. The number of rotatable bonds is 3. The molecule has 0 saturated heterocycles. The number of hydrogen-bond acceptors (Lipinski definition) is 3. The molecule has 0 saturated carbocycles. The molecule has 6 heteroatoms. The Morgan fingerprint density at radius 2 is 2.37 bits per heavy atom. The number of fused-ring (bicyclic) bond motifs is 1. The van der Waals surface area contributed by atoms with Gasteiger partial charge in [0.15, 0.2) is 4.77 Å². The first-order valence-electron chi connectivity index (χ1n) is 6.00. The van der Waals surface area contributed by atoms with Gasteiger partial charge in [-0.1, -0.05) is 18.5 Å². The molecule has 2 aromatic heterocycles. The number of aromatic nitrogens is 3. The van der Waals surface area contributed by atoms with Gasteiger partial charge in [-0.3, -0.25) is 0 Å². The molecule has 3 rings (SSSR count). The monoisotopic (exact) mass is 309 g/mol. The van der Waals surface area contributed by atoms with E-state index in [1.807, 2.05) is 29.8 Å². The van der Waals surface area contributed by atoms with Crippen molar-refractivity contribution in [2.75, 3.05) is 0 Å². The minimum Gasteiger partial charge on any atom is -0.331 e. The number of benzene rings is 1. The van der Waals surface area contributed by atoms with Crippen molar-refractivity contribution in [3.05, 3.63) is 44.6 Å². The zero-order valence-corrected chi connectivity index (χ0v) is 12.6. The van der Waals surface area contributed by atoms with Crippen molar-refractivity contribution in [1.82, 2.24) is 14.5 Å². The van der Waals surface area contributed by atoms with Gasteiger partial charge in [0.05, 0.1) is 17.1 Å². The standard InChI is InChI=1S/C13H12ClN3S2/c1-2-10(12-15-5-6-19-12)17-11-4-3-8(14)7-9(11)16-13(17)18/h3-7,10H,2H2,1H3,(H,16,18). The molecule has 0 radical (unpaired) electrons. The van der Waals surface area contributed by atoms with Crippen molar-refractivity contribution >= 4 is 46.2 Å². The van der Waals surface area contributed by atoms with E-state index < -0.39 is 0 Å². The third-order valence-electron chi connectivity index (χ3n) is 3.11. The van der Waals surface area contributed by atoms with E-state index in [0.717, 1.165) is 22.5 Å². The largest absolute Gasteiger partial charge is 0.331 e. The summed E-state index contributed by atoms with van der Waals surface area (Å²) in [7, 11) is 0. The molecule has 1 atom stereocenters. The Balaban J connectivity index is 2.24. The fraction of sp³-hybridized carbons (Fsp3) is 0.231. The predicted octanol–water partition coefficient (Wildman–Crippen LogP) is 4.81. The molecule has 3 aromatic rings. The molecule has 1 unspecified atom stereocenters. The van der Waals surface area contributed by atoms with E-state index in [-0.39, 0.29) is 6.04 Å². The number of halogens is 1. The first-order chi connectivity index (χ1) is 9.20. The van der Waals surface area contributed by atoms with Crippen LogP contribution < -0.4 is 0 Å². The number of thiazole rings is 1. The van der Waals surface area contributed by atoms with Crippen molar-refractivity contribution in [3.63, 3.8) is 0 Å². The summed E-state index contributed by atoms with van der Waals surface area (Å²) in [6.07, 6.45) is 2.77. The Bertz CT molecular complexity index is 758. The molecule has 2 heterocycles. The van der Waals surface area contributed by atoms with Gasteiger partial charge in [-0.05, 0) is 36.8 Å². The van der Waals surface area contributed by atoms with Gasteiger partial charge >= 0.3 is 0 Å². The summed E-state index contributed by atoms with van der Waals surface area (Å²) < 4.78 is 2.83. The van der Waals surface area contributed by atoms with Gasteiger partial charge in [-0.2, -0.15) is 0 Å². The zero-order valence-electron chi connectivity index (χ0n) is 10.3. The highest BCUT2D eigenvalue weighted by Gasteiger charge is 2.18. The number of imidazole rings is 1. The maximum atomic E-state index is 6.02. The van der Waals surface area contributed by atoms with Crippen LogP contribution in [0.3, 0.4) is 0 Å². The van der Waals surface area contributed by atoms with E-state index in [1.54, 1.807) is 11.3 Å². The Labute approximate surface area is 124 Å². The van der Waals surface area contributed by atoms with Crippen LogP contribution in [0.2, 0.25) is 5.02 Å². The van der Waals surface area contributed by atoms with Crippen LogP contribution in [-0.4, -0.2) is 14.5 Å². The molecule has 1 aromatic carbocycles. The first-order valence-corrected chi connectivity index (χ1v) is 7.66. The second-order valence-electron chi connectivity index (χ2n) is 4.26. The van der Waals surface area contributed by atoms with Crippen molar-refractivity contribution in [3.8, 4) is 0 Å². The molecule has 0 aliphatic rings. The van der Waals surface area contributed by atoms with Gasteiger partial charge in [0.1, 0.15) is 5.01 Å². The predicted molar refractivity (Wildman–Crippen MR) is 82.7 cm³/mol. The minimum absolute atomic E-state index is 0.169. The van der Waals surface area contributed by atoms with Gasteiger partial charge in [0, 0.05) is 16.6 Å². The van der Waals surface area contributed by atoms with E-state index in [9.17, 15) is 0 Å². The molecular formula is C13H12ClN3S2. The Hall–Kier alpha value is -1.17. The lowest BCUT2D eigenvalue weighted by atomic mass is 10.2. The van der Waals surface area contributed by atoms with E-state index >= 15 is 0 Å². The average molecular weight is 310 g/mol. The van der Waals surface area contributed by atoms with E-state index in [1.165, 1.54) is 0 Å². The third-order valence-corrected chi connectivity index (χ3v) is 4.52. The number of aromatic amines is 1. The van der Waals surface area contributed by atoms with Gasteiger partial charge in [0.2, 0.25) is 0 Å². The maximum absolute atomic E-state index is 6.02. The van der Waals surface area contributed by atoms with Gasteiger partial charge in [0.25, 0.3) is 0 Å². The minimum atomic E-state index is 0.169. The highest BCUT2D eigenvalue weighted by atomic mass is 35.5. The number of nitrogens with zero attached hydrogens (tertiary/aromatic N) is 2. The van der Waals surface area contributed by atoms with E-state index in [2.05, 4.69) is 21.5 Å². The van der Waals surface area contributed by atoms with Crippen LogP contribution in [0.25, 0.3) is 11.0 Å².